The minimum absolute atomic E-state index is 0.0897. The van der Waals surface area contributed by atoms with E-state index < -0.39 is 11.6 Å². The summed E-state index contributed by atoms with van der Waals surface area (Å²) in [4.78, 5) is 0. The Bertz CT molecular complexity index is 557. The van der Waals surface area contributed by atoms with Gasteiger partial charge in [-0.25, -0.2) is 8.78 Å². The molecular formula is C14H16F2N2O. The fraction of sp³-hybridized carbons (Fsp3) is 0.357. The van der Waals surface area contributed by atoms with E-state index >= 15 is 0 Å². The van der Waals surface area contributed by atoms with Crippen LogP contribution in [0.4, 0.5) is 14.7 Å². The van der Waals surface area contributed by atoms with Crippen molar-refractivity contribution in [3.8, 4) is 11.1 Å². The minimum atomic E-state index is -0.647. The van der Waals surface area contributed by atoms with Crippen LogP contribution < -0.4 is 5.73 Å². The Morgan fingerprint density at radius 1 is 1.16 bits per heavy atom. The Morgan fingerprint density at radius 3 is 2.26 bits per heavy atom. The van der Waals surface area contributed by atoms with Crippen LogP contribution in [0.25, 0.3) is 11.1 Å². The zero-order valence-corrected chi connectivity index (χ0v) is 10.9. The highest BCUT2D eigenvalue weighted by atomic mass is 19.1. The molecule has 1 aromatic carbocycles. The second-order valence-electron chi connectivity index (χ2n) is 4.48. The Balaban J connectivity index is 2.58. The molecule has 0 radical (unpaired) electrons. The topological polar surface area (TPSA) is 52.0 Å². The van der Waals surface area contributed by atoms with Crippen LogP contribution in [0.1, 0.15) is 38.3 Å². The third-order valence-electron chi connectivity index (χ3n) is 3.27. The van der Waals surface area contributed by atoms with Gasteiger partial charge in [0.2, 0.25) is 5.88 Å². The van der Waals surface area contributed by atoms with Gasteiger partial charge in [-0.15, -0.1) is 0 Å². The van der Waals surface area contributed by atoms with Gasteiger partial charge in [0.25, 0.3) is 0 Å². The molecule has 19 heavy (non-hydrogen) atoms. The van der Waals surface area contributed by atoms with Crippen LogP contribution in [0.3, 0.4) is 0 Å². The number of benzene rings is 1. The molecule has 0 aliphatic carbocycles. The van der Waals surface area contributed by atoms with E-state index in [9.17, 15) is 8.78 Å². The highest BCUT2D eigenvalue weighted by Gasteiger charge is 2.22. The highest BCUT2D eigenvalue weighted by Crippen LogP contribution is 2.36. The van der Waals surface area contributed by atoms with Crippen molar-refractivity contribution < 1.29 is 13.3 Å². The van der Waals surface area contributed by atoms with E-state index in [2.05, 4.69) is 5.16 Å². The number of nitrogens with two attached hydrogens (primary N) is 1. The van der Waals surface area contributed by atoms with E-state index in [0.29, 0.717) is 16.8 Å². The maximum absolute atomic E-state index is 13.3. The van der Waals surface area contributed by atoms with Crippen molar-refractivity contribution >= 4 is 5.88 Å². The lowest BCUT2D eigenvalue weighted by atomic mass is 9.93. The Morgan fingerprint density at radius 2 is 1.74 bits per heavy atom. The van der Waals surface area contributed by atoms with Gasteiger partial charge in [-0.2, -0.15) is 0 Å². The first-order valence-electron chi connectivity index (χ1n) is 6.28. The molecule has 0 saturated carbocycles. The van der Waals surface area contributed by atoms with Crippen molar-refractivity contribution in [2.45, 2.75) is 32.6 Å². The van der Waals surface area contributed by atoms with Crippen LogP contribution in [0, 0.1) is 11.6 Å². The standard InChI is InChI=1S/C14H16F2N2O/c1-3-8(4-2)13-12(14(17)19-18-13)9-5-10(15)7-11(16)6-9/h5-8H,3-4,17H2,1-2H3. The van der Waals surface area contributed by atoms with Crippen LogP contribution in [-0.4, -0.2) is 5.16 Å². The summed E-state index contributed by atoms with van der Waals surface area (Å²) in [6.07, 6.45) is 1.71. The molecule has 0 aliphatic heterocycles. The van der Waals surface area contributed by atoms with E-state index in [1.165, 1.54) is 12.1 Å². The second kappa shape index (κ2) is 5.38. The lowest BCUT2D eigenvalue weighted by molar-refractivity contribution is 0.416. The van der Waals surface area contributed by atoms with Crippen molar-refractivity contribution in [3.63, 3.8) is 0 Å². The molecule has 3 nitrogen and oxygen atoms in total. The first-order valence-corrected chi connectivity index (χ1v) is 6.28. The number of nitrogens with zero attached hydrogens (tertiary/aromatic N) is 1. The maximum atomic E-state index is 13.3. The number of hydrogen-bond acceptors (Lipinski definition) is 3. The third kappa shape index (κ3) is 2.59. The second-order valence-corrected chi connectivity index (χ2v) is 4.48. The molecule has 1 aromatic heterocycles. The van der Waals surface area contributed by atoms with Gasteiger partial charge >= 0.3 is 0 Å². The highest BCUT2D eigenvalue weighted by molar-refractivity contribution is 5.75. The molecule has 0 atom stereocenters. The summed E-state index contributed by atoms with van der Waals surface area (Å²) in [6, 6.07) is 3.29. The van der Waals surface area contributed by atoms with Crippen molar-refractivity contribution in [1.82, 2.24) is 5.16 Å². The quantitative estimate of drug-likeness (QED) is 0.906. The fourth-order valence-electron chi connectivity index (χ4n) is 2.26. The van der Waals surface area contributed by atoms with Gasteiger partial charge in [0.15, 0.2) is 0 Å². The van der Waals surface area contributed by atoms with Crippen LogP contribution in [0.5, 0.6) is 0 Å². The predicted octanol–water partition coefficient (Wildman–Crippen LogP) is 4.11. The van der Waals surface area contributed by atoms with Gasteiger partial charge in [-0.3, -0.25) is 0 Å². The van der Waals surface area contributed by atoms with Crippen LogP contribution in [0.2, 0.25) is 0 Å². The molecule has 1 heterocycles. The lowest BCUT2D eigenvalue weighted by Crippen LogP contribution is -1.99. The summed E-state index contributed by atoms with van der Waals surface area (Å²) in [5, 5.41) is 3.95. The molecular weight excluding hydrogens is 250 g/mol. The zero-order valence-electron chi connectivity index (χ0n) is 10.9. The van der Waals surface area contributed by atoms with Gasteiger partial charge in [-0.05, 0) is 30.5 Å². The maximum Gasteiger partial charge on any atom is 0.230 e. The fourth-order valence-corrected chi connectivity index (χ4v) is 2.26. The number of rotatable bonds is 4. The average Bonchev–Trinajstić information content (AvgIpc) is 2.72. The number of hydrogen-bond donors (Lipinski definition) is 1. The monoisotopic (exact) mass is 266 g/mol. The molecule has 2 rings (SSSR count). The Kier molecular flexibility index (Phi) is 3.83. The largest absolute Gasteiger partial charge is 0.367 e. The van der Waals surface area contributed by atoms with E-state index in [4.69, 9.17) is 10.3 Å². The van der Waals surface area contributed by atoms with Gasteiger partial charge < -0.3 is 10.3 Å². The normalized spacial score (nSPS) is 11.2. The summed E-state index contributed by atoms with van der Waals surface area (Å²) < 4.78 is 31.6. The summed E-state index contributed by atoms with van der Waals surface area (Å²) in [6.45, 7) is 4.05. The zero-order chi connectivity index (χ0) is 14.0. The Hall–Kier alpha value is -1.91. The summed E-state index contributed by atoms with van der Waals surface area (Å²) >= 11 is 0. The van der Waals surface area contributed by atoms with Gasteiger partial charge in [0.1, 0.15) is 11.6 Å². The van der Waals surface area contributed by atoms with E-state index in [0.717, 1.165) is 18.9 Å². The average molecular weight is 266 g/mol. The first-order chi connectivity index (χ1) is 9.06. The minimum Gasteiger partial charge on any atom is -0.367 e. The summed E-state index contributed by atoms with van der Waals surface area (Å²) in [5.74, 6) is -1.05. The number of anilines is 1. The van der Waals surface area contributed by atoms with Crippen molar-refractivity contribution in [2.24, 2.45) is 0 Å². The molecule has 102 valence electrons. The van der Waals surface area contributed by atoms with Gasteiger partial charge in [0, 0.05) is 12.0 Å². The van der Waals surface area contributed by atoms with Crippen LogP contribution in [-0.2, 0) is 0 Å². The SMILES string of the molecule is CCC(CC)c1noc(N)c1-c1cc(F)cc(F)c1. The molecule has 0 spiro atoms. The molecule has 0 amide bonds. The molecule has 0 fully saturated rings. The molecule has 0 saturated heterocycles. The van der Waals surface area contributed by atoms with Crippen molar-refractivity contribution in [1.29, 1.82) is 0 Å². The smallest absolute Gasteiger partial charge is 0.230 e. The number of aromatic nitrogens is 1. The number of nitrogen functional groups attached to an aromatic ring is 1. The lowest BCUT2D eigenvalue weighted by Gasteiger charge is -2.11. The van der Waals surface area contributed by atoms with Crippen LogP contribution >= 0.6 is 0 Å². The molecule has 0 unspecified atom stereocenters. The van der Waals surface area contributed by atoms with E-state index in [1.54, 1.807) is 0 Å². The molecule has 2 aromatic rings. The molecule has 0 aliphatic rings. The first kappa shape index (κ1) is 13.5. The molecule has 0 bridgehead atoms. The van der Waals surface area contributed by atoms with Gasteiger partial charge in [0.05, 0.1) is 11.3 Å². The summed E-state index contributed by atoms with van der Waals surface area (Å²) in [7, 11) is 0. The van der Waals surface area contributed by atoms with Crippen molar-refractivity contribution in [3.05, 3.63) is 35.5 Å². The molecule has 2 N–H and O–H groups in total. The Labute approximate surface area is 110 Å². The summed E-state index contributed by atoms with van der Waals surface area (Å²) in [5.41, 5.74) is 7.26. The van der Waals surface area contributed by atoms with Gasteiger partial charge in [-0.1, -0.05) is 19.0 Å². The molecule has 5 heteroatoms. The third-order valence-corrected chi connectivity index (χ3v) is 3.27. The number of halogens is 2. The van der Waals surface area contributed by atoms with Crippen molar-refractivity contribution in [2.75, 3.05) is 5.73 Å². The predicted molar refractivity (Wildman–Crippen MR) is 69.6 cm³/mol. The van der Waals surface area contributed by atoms with E-state index in [-0.39, 0.29) is 11.8 Å². The van der Waals surface area contributed by atoms with Crippen LogP contribution in [0.15, 0.2) is 22.7 Å². The van der Waals surface area contributed by atoms with E-state index in [1.807, 2.05) is 13.8 Å².